The molecule has 30 heavy (non-hydrogen) atoms. The van der Waals surface area contributed by atoms with Crippen LogP contribution in [-0.2, 0) is 11.3 Å². The molecule has 0 unspecified atom stereocenters. The summed E-state index contributed by atoms with van der Waals surface area (Å²) in [4.78, 5) is 15.6. The Hall–Kier alpha value is -2.28. The van der Waals surface area contributed by atoms with Gasteiger partial charge in [-0.15, -0.1) is 5.10 Å². The van der Waals surface area contributed by atoms with Crippen molar-refractivity contribution in [3.63, 3.8) is 0 Å². The van der Waals surface area contributed by atoms with Crippen molar-refractivity contribution in [1.82, 2.24) is 30.4 Å². The Balaban J connectivity index is 1.47. The zero-order valence-corrected chi connectivity index (χ0v) is 18.2. The molecule has 1 saturated carbocycles. The lowest BCUT2D eigenvalue weighted by atomic mass is 10.0. The standard InChI is InChI=1S/C23H34N6O/c1-17(2)19-11-9-18(10-12-19)14-28-15-21(29-16-24-26-27-29)13-22(28)23(30)25-20-7-5-3-4-6-8-20/h9-12,16-17,20-22H,3-8,13-15H2,1-2H3,(H,25,30)/t21-,22-/m0/s1. The number of benzene rings is 1. The van der Waals surface area contributed by atoms with Gasteiger partial charge in [0.15, 0.2) is 0 Å². The Kier molecular flexibility index (Phi) is 6.77. The maximum Gasteiger partial charge on any atom is 0.237 e. The van der Waals surface area contributed by atoms with Crippen LogP contribution in [0.5, 0.6) is 0 Å². The van der Waals surface area contributed by atoms with Gasteiger partial charge in [0, 0.05) is 19.1 Å². The van der Waals surface area contributed by atoms with Crippen molar-refractivity contribution < 1.29 is 4.79 Å². The summed E-state index contributed by atoms with van der Waals surface area (Å²) in [5.41, 5.74) is 2.58. The van der Waals surface area contributed by atoms with E-state index in [4.69, 9.17) is 0 Å². The molecule has 1 saturated heterocycles. The Morgan fingerprint density at radius 2 is 1.87 bits per heavy atom. The molecule has 4 rings (SSSR count). The summed E-state index contributed by atoms with van der Waals surface area (Å²) >= 11 is 0. The van der Waals surface area contributed by atoms with Crippen molar-refractivity contribution in [3.05, 3.63) is 41.7 Å². The summed E-state index contributed by atoms with van der Waals surface area (Å²) in [6.07, 6.45) is 9.62. The molecular weight excluding hydrogens is 376 g/mol. The summed E-state index contributed by atoms with van der Waals surface area (Å²) in [6, 6.07) is 9.09. The third kappa shape index (κ3) is 5.06. The number of hydrogen-bond acceptors (Lipinski definition) is 5. The van der Waals surface area contributed by atoms with Crippen molar-refractivity contribution in [2.75, 3.05) is 6.54 Å². The predicted molar refractivity (Wildman–Crippen MR) is 116 cm³/mol. The molecule has 2 aliphatic rings. The van der Waals surface area contributed by atoms with Crippen molar-refractivity contribution >= 4 is 5.91 Å². The summed E-state index contributed by atoms with van der Waals surface area (Å²) < 4.78 is 1.80. The van der Waals surface area contributed by atoms with Gasteiger partial charge in [0.1, 0.15) is 6.33 Å². The number of carbonyl (C=O) groups excluding carboxylic acids is 1. The Labute approximate surface area is 179 Å². The van der Waals surface area contributed by atoms with Gasteiger partial charge in [0.25, 0.3) is 0 Å². The zero-order chi connectivity index (χ0) is 20.9. The van der Waals surface area contributed by atoms with Gasteiger partial charge < -0.3 is 5.32 Å². The van der Waals surface area contributed by atoms with E-state index in [9.17, 15) is 4.79 Å². The number of likely N-dealkylation sites (tertiary alicyclic amines) is 1. The van der Waals surface area contributed by atoms with Gasteiger partial charge in [-0.05, 0) is 46.7 Å². The second-order valence-corrected chi connectivity index (χ2v) is 9.22. The highest BCUT2D eigenvalue weighted by atomic mass is 16.2. The van der Waals surface area contributed by atoms with E-state index >= 15 is 0 Å². The highest BCUT2D eigenvalue weighted by Crippen LogP contribution is 2.29. The van der Waals surface area contributed by atoms with Gasteiger partial charge in [0.05, 0.1) is 12.1 Å². The second kappa shape index (κ2) is 9.69. The first-order valence-electron chi connectivity index (χ1n) is 11.5. The molecule has 0 bridgehead atoms. The summed E-state index contributed by atoms with van der Waals surface area (Å²) in [5, 5.41) is 15.0. The third-order valence-corrected chi connectivity index (χ3v) is 6.66. The highest BCUT2D eigenvalue weighted by molar-refractivity contribution is 5.82. The molecule has 0 radical (unpaired) electrons. The molecule has 1 aromatic carbocycles. The fourth-order valence-corrected chi connectivity index (χ4v) is 4.82. The topological polar surface area (TPSA) is 75.9 Å². The number of amides is 1. The highest BCUT2D eigenvalue weighted by Gasteiger charge is 2.38. The van der Waals surface area contributed by atoms with E-state index in [0.717, 1.165) is 32.4 Å². The van der Waals surface area contributed by atoms with Gasteiger partial charge in [-0.25, -0.2) is 4.68 Å². The average molecular weight is 411 g/mol. The van der Waals surface area contributed by atoms with Crippen LogP contribution in [0.15, 0.2) is 30.6 Å². The Bertz CT molecular complexity index is 796. The fourth-order valence-electron chi connectivity index (χ4n) is 4.82. The van der Waals surface area contributed by atoms with Gasteiger partial charge in [0.2, 0.25) is 5.91 Å². The van der Waals surface area contributed by atoms with Crippen LogP contribution in [-0.4, -0.2) is 49.6 Å². The van der Waals surface area contributed by atoms with Crippen LogP contribution >= 0.6 is 0 Å². The largest absolute Gasteiger partial charge is 0.352 e. The normalized spacial score (nSPS) is 23.6. The number of rotatable bonds is 6. The lowest BCUT2D eigenvalue weighted by Crippen LogP contribution is -2.46. The minimum atomic E-state index is -0.146. The van der Waals surface area contributed by atoms with Crippen molar-refractivity contribution in [2.45, 2.75) is 89.4 Å². The molecule has 1 aliphatic carbocycles. The molecule has 2 fully saturated rings. The molecule has 2 heterocycles. The maximum atomic E-state index is 13.3. The van der Waals surface area contributed by atoms with Crippen LogP contribution in [0.4, 0.5) is 0 Å². The minimum absolute atomic E-state index is 0.125. The zero-order valence-electron chi connectivity index (χ0n) is 18.2. The molecule has 1 N–H and O–H groups in total. The molecule has 2 aromatic rings. The smallest absolute Gasteiger partial charge is 0.237 e. The van der Waals surface area contributed by atoms with E-state index in [1.165, 1.54) is 36.8 Å². The molecule has 7 nitrogen and oxygen atoms in total. The number of nitrogens with zero attached hydrogens (tertiary/aromatic N) is 5. The van der Waals surface area contributed by atoms with Crippen LogP contribution in [0, 0.1) is 0 Å². The monoisotopic (exact) mass is 410 g/mol. The van der Waals surface area contributed by atoms with E-state index < -0.39 is 0 Å². The Morgan fingerprint density at radius 1 is 1.13 bits per heavy atom. The lowest BCUT2D eigenvalue weighted by molar-refractivity contribution is -0.126. The van der Waals surface area contributed by atoms with Gasteiger partial charge in [-0.2, -0.15) is 0 Å². The maximum absolute atomic E-state index is 13.3. The number of hydrogen-bond donors (Lipinski definition) is 1. The summed E-state index contributed by atoms with van der Waals surface area (Å²) in [6.45, 7) is 5.96. The van der Waals surface area contributed by atoms with Crippen molar-refractivity contribution in [1.29, 1.82) is 0 Å². The number of aromatic nitrogens is 4. The second-order valence-electron chi connectivity index (χ2n) is 9.22. The minimum Gasteiger partial charge on any atom is -0.352 e. The summed E-state index contributed by atoms with van der Waals surface area (Å²) in [5.74, 6) is 0.685. The molecule has 2 atom stereocenters. The molecule has 7 heteroatoms. The molecule has 1 amide bonds. The predicted octanol–water partition coefficient (Wildman–Crippen LogP) is 3.45. The van der Waals surface area contributed by atoms with Gasteiger partial charge in [-0.1, -0.05) is 63.8 Å². The quantitative estimate of drug-likeness (QED) is 0.738. The van der Waals surface area contributed by atoms with Crippen LogP contribution in [0.1, 0.15) is 81.9 Å². The van der Waals surface area contributed by atoms with E-state index in [1.807, 2.05) is 0 Å². The number of tetrazole rings is 1. The van der Waals surface area contributed by atoms with E-state index in [0.29, 0.717) is 12.0 Å². The van der Waals surface area contributed by atoms with Crippen molar-refractivity contribution in [2.24, 2.45) is 0 Å². The van der Waals surface area contributed by atoms with Gasteiger partial charge in [-0.3, -0.25) is 9.69 Å². The Morgan fingerprint density at radius 3 is 2.50 bits per heavy atom. The first kappa shape index (κ1) is 21.0. The fraction of sp³-hybridized carbons (Fsp3) is 0.652. The van der Waals surface area contributed by atoms with Crippen LogP contribution in [0.2, 0.25) is 0 Å². The number of nitrogens with one attached hydrogen (secondary N) is 1. The number of carbonyl (C=O) groups is 1. The van der Waals surface area contributed by atoms with Crippen LogP contribution in [0.25, 0.3) is 0 Å². The first-order chi connectivity index (χ1) is 14.6. The molecule has 1 aliphatic heterocycles. The first-order valence-corrected chi connectivity index (χ1v) is 11.5. The van der Waals surface area contributed by atoms with Crippen molar-refractivity contribution in [3.8, 4) is 0 Å². The summed E-state index contributed by atoms with van der Waals surface area (Å²) in [7, 11) is 0. The molecular formula is C23H34N6O. The molecule has 1 aromatic heterocycles. The third-order valence-electron chi connectivity index (χ3n) is 6.66. The van der Waals surface area contributed by atoms with E-state index in [2.05, 4.69) is 63.9 Å². The average Bonchev–Trinajstić information content (AvgIpc) is 3.34. The van der Waals surface area contributed by atoms with Crippen LogP contribution in [0.3, 0.4) is 0 Å². The molecule has 0 spiro atoms. The van der Waals surface area contributed by atoms with E-state index in [-0.39, 0.29) is 18.0 Å². The lowest BCUT2D eigenvalue weighted by Gasteiger charge is -2.26. The van der Waals surface area contributed by atoms with E-state index in [1.54, 1.807) is 11.0 Å². The SMILES string of the molecule is CC(C)c1ccc(CN2C[C@@H](n3cnnn3)C[C@H]2C(=O)NC2CCCCCC2)cc1. The van der Waals surface area contributed by atoms with Crippen LogP contribution < -0.4 is 5.32 Å². The van der Waals surface area contributed by atoms with Gasteiger partial charge >= 0.3 is 0 Å². The molecule has 162 valence electrons.